The molecule has 0 amide bonds. The first-order chi connectivity index (χ1) is 12.4. The van der Waals surface area contributed by atoms with Crippen LogP contribution in [0.5, 0.6) is 11.5 Å². The van der Waals surface area contributed by atoms with Gasteiger partial charge in [0.15, 0.2) is 11.5 Å². The Labute approximate surface area is 162 Å². The largest absolute Gasteiger partial charge is 0.493 e. The van der Waals surface area contributed by atoms with E-state index < -0.39 is 10.1 Å². The molecule has 0 aliphatic heterocycles. The van der Waals surface area contributed by atoms with E-state index in [1.165, 1.54) is 24.3 Å². The van der Waals surface area contributed by atoms with E-state index in [0.717, 1.165) is 18.4 Å². The van der Waals surface area contributed by atoms with Crippen molar-refractivity contribution in [3.8, 4) is 11.5 Å². The van der Waals surface area contributed by atoms with Crippen molar-refractivity contribution in [3.05, 3.63) is 53.6 Å². The average molecular weight is 441 g/mol. The number of carbonyl (C=O) groups is 1. The first kappa shape index (κ1) is 20.5. The molecule has 0 N–H and O–H groups in total. The molecule has 0 aliphatic rings. The average Bonchev–Trinajstić information content (AvgIpc) is 2.61. The van der Waals surface area contributed by atoms with Gasteiger partial charge in [0.1, 0.15) is 10.6 Å². The number of aryl methyl sites for hydroxylation is 1. The molecule has 2 aromatic carbocycles. The van der Waals surface area contributed by atoms with Gasteiger partial charge < -0.3 is 8.92 Å². The summed E-state index contributed by atoms with van der Waals surface area (Å²) in [6.45, 7) is 4.41. The molecule has 0 unspecified atom stereocenters. The lowest BCUT2D eigenvalue weighted by Crippen LogP contribution is -2.13. The minimum absolute atomic E-state index is 0.0256. The molecular formula is C19H21BrO5S. The summed E-state index contributed by atoms with van der Waals surface area (Å²) in [6.07, 6.45) is 1.85. The summed E-state index contributed by atoms with van der Waals surface area (Å²) < 4.78 is 36.0. The highest BCUT2D eigenvalue weighted by Crippen LogP contribution is 2.29. The van der Waals surface area contributed by atoms with Crippen LogP contribution < -0.4 is 8.92 Å². The van der Waals surface area contributed by atoms with Crippen LogP contribution in [0.2, 0.25) is 0 Å². The minimum atomic E-state index is -4.06. The van der Waals surface area contributed by atoms with Crippen molar-refractivity contribution in [3.63, 3.8) is 0 Å². The van der Waals surface area contributed by atoms with Gasteiger partial charge in [-0.15, -0.1) is 0 Å². The Hall–Kier alpha value is -1.86. The molecule has 0 saturated carbocycles. The van der Waals surface area contributed by atoms with Crippen LogP contribution in [0.3, 0.4) is 0 Å². The van der Waals surface area contributed by atoms with Crippen molar-refractivity contribution < 1.29 is 22.1 Å². The van der Waals surface area contributed by atoms with Crippen LogP contribution in [0.25, 0.3) is 0 Å². The van der Waals surface area contributed by atoms with Gasteiger partial charge in [-0.2, -0.15) is 8.42 Å². The third kappa shape index (κ3) is 5.32. The smallest absolute Gasteiger partial charge is 0.339 e. The van der Waals surface area contributed by atoms with E-state index in [2.05, 4.69) is 15.9 Å². The van der Waals surface area contributed by atoms with Crippen LogP contribution in [-0.4, -0.2) is 26.1 Å². The molecule has 0 heterocycles. The van der Waals surface area contributed by atoms with Gasteiger partial charge in [0.25, 0.3) is 0 Å². The zero-order valence-electron chi connectivity index (χ0n) is 14.7. The normalized spacial score (nSPS) is 11.2. The van der Waals surface area contributed by atoms with Crippen LogP contribution in [0.1, 0.15) is 35.7 Å². The lowest BCUT2D eigenvalue weighted by molar-refractivity contribution is 0.102. The summed E-state index contributed by atoms with van der Waals surface area (Å²) in [4.78, 5) is 12.1. The van der Waals surface area contributed by atoms with E-state index in [1.54, 1.807) is 18.2 Å². The second kappa shape index (κ2) is 9.19. The van der Waals surface area contributed by atoms with Gasteiger partial charge in [0, 0.05) is 6.07 Å². The maximum absolute atomic E-state index is 12.6. The number of unbranched alkanes of at least 4 members (excludes halogenated alkanes) is 1. The first-order valence-electron chi connectivity index (χ1n) is 8.24. The monoisotopic (exact) mass is 440 g/mol. The molecule has 140 valence electrons. The van der Waals surface area contributed by atoms with Gasteiger partial charge in [-0.3, -0.25) is 4.79 Å². The molecule has 2 aromatic rings. The standard InChI is InChI=1S/C19H21BrO5S/c1-3-4-11-24-15-7-10-17(18(21)13-20)19(12-15)25-26(22,23)16-8-5-14(2)6-9-16/h5-10,12H,3-4,11,13H2,1-2H3. The minimum Gasteiger partial charge on any atom is -0.493 e. The molecule has 0 saturated heterocycles. The molecule has 7 heteroatoms. The third-order valence-corrected chi connectivity index (χ3v) is 5.41. The van der Waals surface area contributed by atoms with Crippen molar-refractivity contribution in [2.24, 2.45) is 0 Å². The fourth-order valence-electron chi connectivity index (χ4n) is 2.17. The van der Waals surface area contributed by atoms with E-state index in [-0.39, 0.29) is 27.3 Å². The third-order valence-electron chi connectivity index (χ3n) is 3.65. The van der Waals surface area contributed by atoms with Crippen molar-refractivity contribution in [1.82, 2.24) is 0 Å². The lowest BCUT2D eigenvalue weighted by atomic mass is 10.1. The topological polar surface area (TPSA) is 69.7 Å². The molecule has 0 radical (unpaired) electrons. The summed E-state index contributed by atoms with van der Waals surface area (Å²) in [7, 11) is -4.06. The first-order valence-corrected chi connectivity index (χ1v) is 10.8. The SMILES string of the molecule is CCCCOc1ccc(C(=O)CBr)c(OS(=O)(=O)c2ccc(C)cc2)c1. The number of Topliss-reactive ketones (excluding diaryl/α,β-unsaturated/α-hetero) is 1. The number of halogens is 1. The van der Waals surface area contributed by atoms with E-state index in [4.69, 9.17) is 8.92 Å². The van der Waals surface area contributed by atoms with E-state index in [0.29, 0.717) is 12.4 Å². The van der Waals surface area contributed by atoms with Crippen molar-refractivity contribution in [1.29, 1.82) is 0 Å². The summed E-state index contributed by atoms with van der Waals surface area (Å²) >= 11 is 3.10. The van der Waals surface area contributed by atoms with Gasteiger partial charge >= 0.3 is 10.1 Å². The second-order valence-corrected chi connectivity index (χ2v) is 7.87. The van der Waals surface area contributed by atoms with Crippen molar-refractivity contribution in [2.75, 3.05) is 11.9 Å². The molecule has 0 fully saturated rings. The number of ether oxygens (including phenoxy) is 1. The Kier molecular flexibility index (Phi) is 7.23. The van der Waals surface area contributed by atoms with Crippen LogP contribution >= 0.6 is 15.9 Å². The number of rotatable bonds is 9. The molecule has 0 bridgehead atoms. The van der Waals surface area contributed by atoms with Crippen molar-refractivity contribution in [2.45, 2.75) is 31.6 Å². The molecule has 2 rings (SSSR count). The fraction of sp³-hybridized carbons (Fsp3) is 0.316. The number of hydrogen-bond donors (Lipinski definition) is 0. The molecule has 26 heavy (non-hydrogen) atoms. The summed E-state index contributed by atoms with van der Waals surface area (Å²) in [5.41, 5.74) is 1.12. The lowest BCUT2D eigenvalue weighted by Gasteiger charge is -2.13. The Morgan fingerprint density at radius 1 is 1.12 bits per heavy atom. The summed E-state index contributed by atoms with van der Waals surface area (Å²) in [6, 6.07) is 10.9. The van der Waals surface area contributed by atoms with E-state index in [9.17, 15) is 13.2 Å². The quantitative estimate of drug-likeness (QED) is 0.248. The number of hydrogen-bond acceptors (Lipinski definition) is 5. The predicted octanol–water partition coefficient (Wildman–Crippen LogP) is 4.52. The molecule has 0 atom stereocenters. The predicted molar refractivity (Wildman–Crippen MR) is 104 cm³/mol. The molecule has 0 aromatic heterocycles. The van der Waals surface area contributed by atoms with Crippen molar-refractivity contribution >= 4 is 31.8 Å². The van der Waals surface area contributed by atoms with Crippen LogP contribution in [0.15, 0.2) is 47.4 Å². The number of carbonyl (C=O) groups excluding carboxylic acids is 1. The van der Waals surface area contributed by atoms with Crippen LogP contribution in [-0.2, 0) is 10.1 Å². The second-order valence-electron chi connectivity index (χ2n) is 5.77. The maximum Gasteiger partial charge on any atom is 0.339 e. The zero-order valence-corrected chi connectivity index (χ0v) is 17.1. The number of benzene rings is 2. The van der Waals surface area contributed by atoms with Gasteiger partial charge in [-0.25, -0.2) is 0 Å². The highest BCUT2D eigenvalue weighted by molar-refractivity contribution is 9.09. The van der Waals surface area contributed by atoms with Gasteiger partial charge in [0.05, 0.1) is 17.5 Å². The molecular weight excluding hydrogens is 420 g/mol. The maximum atomic E-state index is 12.6. The molecule has 5 nitrogen and oxygen atoms in total. The number of ketones is 1. The zero-order chi connectivity index (χ0) is 19.2. The fourth-order valence-corrected chi connectivity index (χ4v) is 3.41. The molecule has 0 aliphatic carbocycles. The highest BCUT2D eigenvalue weighted by atomic mass is 79.9. The Bertz CT molecular complexity index is 860. The highest BCUT2D eigenvalue weighted by Gasteiger charge is 2.21. The summed E-state index contributed by atoms with van der Waals surface area (Å²) in [5.74, 6) is 0.141. The number of alkyl halides is 1. The van der Waals surface area contributed by atoms with E-state index >= 15 is 0 Å². The van der Waals surface area contributed by atoms with Gasteiger partial charge in [-0.1, -0.05) is 47.0 Å². The van der Waals surface area contributed by atoms with Gasteiger partial charge in [0.2, 0.25) is 0 Å². The van der Waals surface area contributed by atoms with Gasteiger partial charge in [-0.05, 0) is 37.6 Å². The van der Waals surface area contributed by atoms with E-state index in [1.807, 2.05) is 13.8 Å². The van der Waals surface area contributed by atoms with Crippen LogP contribution in [0.4, 0.5) is 0 Å². The molecule has 0 spiro atoms. The van der Waals surface area contributed by atoms with Crippen LogP contribution in [0, 0.1) is 6.92 Å². The Balaban J connectivity index is 2.36. The summed E-state index contributed by atoms with van der Waals surface area (Å²) in [5, 5.41) is 0.0595. The Morgan fingerprint density at radius 2 is 1.81 bits per heavy atom. The Morgan fingerprint density at radius 3 is 2.42 bits per heavy atom.